The second kappa shape index (κ2) is 8.25. The Morgan fingerprint density at radius 2 is 2.04 bits per heavy atom. The van der Waals surface area contributed by atoms with Crippen molar-refractivity contribution in [3.63, 3.8) is 0 Å². The molecule has 0 bridgehead atoms. The maximum atomic E-state index is 11.9. The quantitative estimate of drug-likeness (QED) is 0.714. The van der Waals surface area contributed by atoms with Crippen LogP contribution in [0.5, 0.6) is 0 Å². The molecule has 3 heterocycles. The van der Waals surface area contributed by atoms with Crippen LogP contribution in [0, 0.1) is 0 Å². The summed E-state index contributed by atoms with van der Waals surface area (Å²) in [5.74, 6) is 2.20. The van der Waals surface area contributed by atoms with Crippen molar-refractivity contribution < 1.29 is 4.79 Å². The number of pyridine rings is 1. The van der Waals surface area contributed by atoms with Gasteiger partial charge in [0.25, 0.3) is 5.91 Å². The summed E-state index contributed by atoms with van der Waals surface area (Å²) in [6.45, 7) is 4.36. The van der Waals surface area contributed by atoms with Crippen LogP contribution in [0.4, 0.5) is 5.82 Å². The Labute approximate surface area is 165 Å². The van der Waals surface area contributed by atoms with Crippen LogP contribution < -0.4 is 10.2 Å². The molecule has 1 saturated heterocycles. The number of benzene rings is 1. The summed E-state index contributed by atoms with van der Waals surface area (Å²) in [5.41, 5.74) is 2.80. The number of piperidine rings is 1. The second-order valence-corrected chi connectivity index (χ2v) is 7.10. The van der Waals surface area contributed by atoms with Crippen LogP contribution in [0.2, 0.25) is 0 Å². The smallest absolute Gasteiger partial charge is 0.252 e. The lowest BCUT2D eigenvalue weighted by Crippen LogP contribution is -2.35. The highest BCUT2D eigenvalue weighted by Crippen LogP contribution is 2.29. The lowest BCUT2D eigenvalue weighted by Gasteiger charge is -2.32. The van der Waals surface area contributed by atoms with Crippen LogP contribution >= 0.6 is 0 Å². The van der Waals surface area contributed by atoms with E-state index >= 15 is 0 Å². The second-order valence-electron chi connectivity index (χ2n) is 7.10. The van der Waals surface area contributed by atoms with Crippen LogP contribution in [-0.4, -0.2) is 40.5 Å². The van der Waals surface area contributed by atoms with E-state index in [1.807, 2.05) is 43.5 Å². The minimum Gasteiger partial charge on any atom is -0.356 e. The summed E-state index contributed by atoms with van der Waals surface area (Å²) >= 11 is 0. The Morgan fingerprint density at radius 1 is 1.18 bits per heavy atom. The Hall–Kier alpha value is -3.15. The van der Waals surface area contributed by atoms with Crippen LogP contribution in [0.1, 0.15) is 41.9 Å². The molecule has 1 amide bonds. The summed E-state index contributed by atoms with van der Waals surface area (Å²) in [6, 6.07) is 14.0. The first kappa shape index (κ1) is 18.2. The van der Waals surface area contributed by atoms with Crippen LogP contribution in [0.15, 0.2) is 54.9 Å². The van der Waals surface area contributed by atoms with Crippen molar-refractivity contribution in [1.29, 1.82) is 0 Å². The minimum absolute atomic E-state index is 0.0814. The number of hydrogen-bond donors (Lipinski definition) is 2. The van der Waals surface area contributed by atoms with Crippen LogP contribution in [0.25, 0.3) is 11.3 Å². The zero-order valence-corrected chi connectivity index (χ0v) is 16.1. The molecule has 1 fully saturated rings. The molecule has 0 spiro atoms. The average Bonchev–Trinajstić information content (AvgIpc) is 3.25. The fraction of sp³-hybridized carbons (Fsp3) is 0.318. The van der Waals surface area contributed by atoms with Gasteiger partial charge < -0.3 is 15.2 Å². The minimum atomic E-state index is -0.0814. The average molecular weight is 375 g/mol. The fourth-order valence-electron chi connectivity index (χ4n) is 3.69. The van der Waals surface area contributed by atoms with Gasteiger partial charge in [-0.3, -0.25) is 4.79 Å². The molecular weight excluding hydrogens is 350 g/mol. The lowest BCUT2D eigenvalue weighted by atomic mass is 9.97. The number of carbonyl (C=O) groups excluding carboxylic acids is 1. The molecule has 2 N–H and O–H groups in total. The predicted molar refractivity (Wildman–Crippen MR) is 110 cm³/mol. The van der Waals surface area contributed by atoms with Gasteiger partial charge >= 0.3 is 0 Å². The van der Waals surface area contributed by atoms with E-state index in [0.29, 0.717) is 18.0 Å². The molecule has 6 nitrogen and oxygen atoms in total. The maximum Gasteiger partial charge on any atom is 0.252 e. The first-order valence-electron chi connectivity index (χ1n) is 9.84. The Morgan fingerprint density at radius 3 is 2.79 bits per heavy atom. The van der Waals surface area contributed by atoms with Gasteiger partial charge in [-0.1, -0.05) is 30.3 Å². The summed E-state index contributed by atoms with van der Waals surface area (Å²) in [5, 5.41) is 2.80. The zero-order chi connectivity index (χ0) is 19.3. The van der Waals surface area contributed by atoms with Gasteiger partial charge in [-0.05, 0) is 37.5 Å². The van der Waals surface area contributed by atoms with Crippen molar-refractivity contribution in [1.82, 2.24) is 20.3 Å². The number of hydrogen-bond acceptors (Lipinski definition) is 4. The molecule has 6 heteroatoms. The zero-order valence-electron chi connectivity index (χ0n) is 16.1. The summed E-state index contributed by atoms with van der Waals surface area (Å²) in [4.78, 5) is 26.9. The van der Waals surface area contributed by atoms with Crippen LogP contribution in [-0.2, 0) is 0 Å². The Bertz CT molecular complexity index is 920. The van der Waals surface area contributed by atoms with Gasteiger partial charge in [0.2, 0.25) is 0 Å². The highest BCUT2D eigenvalue weighted by molar-refractivity contribution is 5.94. The largest absolute Gasteiger partial charge is 0.356 e. The van der Waals surface area contributed by atoms with Crippen LogP contribution in [0.3, 0.4) is 0 Å². The van der Waals surface area contributed by atoms with E-state index in [4.69, 9.17) is 0 Å². The maximum absolute atomic E-state index is 11.9. The standard InChI is InChI=1S/C22H25N5O/c1-2-23-22(28)17-10-11-20(24-13-17)27-12-6-9-18(15-27)21-25-14-19(26-21)16-7-4-3-5-8-16/h3-5,7-8,10-11,13-14,18H,2,6,9,12,15H2,1H3,(H,23,28)(H,25,26). The molecule has 28 heavy (non-hydrogen) atoms. The topological polar surface area (TPSA) is 73.9 Å². The van der Waals surface area contributed by atoms with Gasteiger partial charge in [-0.2, -0.15) is 0 Å². The van der Waals surface area contributed by atoms with E-state index in [1.54, 1.807) is 6.20 Å². The van der Waals surface area contributed by atoms with Crippen molar-refractivity contribution in [2.45, 2.75) is 25.7 Å². The van der Waals surface area contributed by atoms with E-state index in [2.05, 4.69) is 37.3 Å². The molecule has 1 unspecified atom stereocenters. The van der Waals surface area contributed by atoms with E-state index in [1.165, 1.54) is 0 Å². The van der Waals surface area contributed by atoms with E-state index in [-0.39, 0.29) is 5.91 Å². The molecule has 144 valence electrons. The molecular formula is C22H25N5O. The number of aromatic amines is 1. The number of anilines is 1. The van der Waals surface area contributed by atoms with Gasteiger partial charge in [-0.15, -0.1) is 0 Å². The number of carbonyl (C=O) groups is 1. The van der Waals surface area contributed by atoms with E-state index in [0.717, 1.165) is 48.8 Å². The third-order valence-electron chi connectivity index (χ3n) is 5.16. The third kappa shape index (κ3) is 3.91. The van der Waals surface area contributed by atoms with Gasteiger partial charge in [-0.25, -0.2) is 9.97 Å². The van der Waals surface area contributed by atoms with E-state index < -0.39 is 0 Å². The van der Waals surface area contributed by atoms with Crippen molar-refractivity contribution in [2.24, 2.45) is 0 Å². The highest BCUT2D eigenvalue weighted by atomic mass is 16.1. The molecule has 2 aromatic heterocycles. The Kier molecular flexibility index (Phi) is 5.37. The molecule has 1 aliphatic heterocycles. The molecule has 1 aromatic carbocycles. The number of rotatable bonds is 5. The summed E-state index contributed by atoms with van der Waals surface area (Å²) in [7, 11) is 0. The van der Waals surface area contributed by atoms with Crippen molar-refractivity contribution in [3.8, 4) is 11.3 Å². The number of nitrogens with zero attached hydrogens (tertiary/aromatic N) is 3. The number of nitrogens with one attached hydrogen (secondary N) is 2. The van der Waals surface area contributed by atoms with Crippen molar-refractivity contribution in [3.05, 3.63) is 66.2 Å². The van der Waals surface area contributed by atoms with Crippen molar-refractivity contribution in [2.75, 3.05) is 24.5 Å². The number of imidazole rings is 1. The molecule has 3 aromatic rings. The van der Waals surface area contributed by atoms with Gasteiger partial charge in [0.1, 0.15) is 11.6 Å². The Balaban J connectivity index is 1.46. The molecule has 0 aliphatic carbocycles. The SMILES string of the molecule is CCNC(=O)c1ccc(N2CCCC(c3ncc(-c4ccccc4)[nH]3)C2)nc1. The molecule has 1 aliphatic rings. The number of aromatic nitrogens is 3. The lowest BCUT2D eigenvalue weighted by molar-refractivity contribution is 0.0955. The number of amides is 1. The van der Waals surface area contributed by atoms with Crippen molar-refractivity contribution >= 4 is 11.7 Å². The number of H-pyrrole nitrogens is 1. The molecule has 1 atom stereocenters. The summed E-state index contributed by atoms with van der Waals surface area (Å²) < 4.78 is 0. The normalized spacial score (nSPS) is 16.8. The predicted octanol–water partition coefficient (Wildman–Crippen LogP) is 3.61. The molecule has 0 radical (unpaired) electrons. The highest BCUT2D eigenvalue weighted by Gasteiger charge is 2.24. The first-order valence-corrected chi connectivity index (χ1v) is 9.84. The first-order chi connectivity index (χ1) is 13.7. The van der Waals surface area contributed by atoms with Gasteiger partial charge in [0.15, 0.2) is 0 Å². The molecule has 4 rings (SSSR count). The van der Waals surface area contributed by atoms with Gasteiger partial charge in [0.05, 0.1) is 17.5 Å². The van der Waals surface area contributed by atoms with Gasteiger partial charge in [0, 0.05) is 31.7 Å². The monoisotopic (exact) mass is 375 g/mol. The molecule has 0 saturated carbocycles. The third-order valence-corrected chi connectivity index (χ3v) is 5.16. The fourth-order valence-corrected chi connectivity index (χ4v) is 3.69. The summed E-state index contributed by atoms with van der Waals surface area (Å²) in [6.07, 6.45) is 5.77. The van der Waals surface area contributed by atoms with E-state index in [9.17, 15) is 4.79 Å².